The zero-order valence-corrected chi connectivity index (χ0v) is 23.0. The van der Waals surface area contributed by atoms with Gasteiger partial charge in [-0.1, -0.05) is 72.8 Å². The lowest BCUT2D eigenvalue weighted by Gasteiger charge is -2.06. The molecule has 0 radical (unpaired) electrons. The molecular weight excluding hydrogens is 526 g/mol. The van der Waals surface area contributed by atoms with Gasteiger partial charge in [-0.05, 0) is 54.3 Å². The smallest absolute Gasteiger partial charge is 0.349 e. The van der Waals surface area contributed by atoms with Crippen LogP contribution in [-0.4, -0.2) is 24.5 Å². The van der Waals surface area contributed by atoms with E-state index in [1.165, 1.54) is 6.08 Å². The Bertz CT molecular complexity index is 1480. The van der Waals surface area contributed by atoms with Gasteiger partial charge in [-0.15, -0.1) is 11.3 Å². The highest BCUT2D eigenvalue weighted by Gasteiger charge is 2.27. The molecule has 0 saturated heterocycles. The van der Waals surface area contributed by atoms with Gasteiger partial charge in [0.2, 0.25) is 5.91 Å². The summed E-state index contributed by atoms with van der Waals surface area (Å²) >= 11 is 0.981. The van der Waals surface area contributed by atoms with Crippen molar-refractivity contribution in [2.24, 2.45) is 0 Å². The molecule has 0 saturated carbocycles. The Kier molecular flexibility index (Phi) is 9.85. The number of thiophene rings is 1. The molecule has 8 heteroatoms. The molecule has 1 N–H and O–H groups in total. The number of esters is 2. The number of amides is 1. The Hall–Kier alpha value is -4.69. The highest BCUT2D eigenvalue weighted by molar-refractivity contribution is 7.18. The van der Waals surface area contributed by atoms with E-state index in [1.807, 2.05) is 84.9 Å². The fourth-order valence-corrected chi connectivity index (χ4v) is 4.87. The van der Waals surface area contributed by atoms with Gasteiger partial charge < -0.3 is 19.5 Å². The number of hydrogen-bond acceptors (Lipinski definition) is 7. The van der Waals surface area contributed by atoms with Crippen molar-refractivity contribution in [3.8, 4) is 5.75 Å². The average molecular weight is 556 g/mol. The summed E-state index contributed by atoms with van der Waals surface area (Å²) in [4.78, 5) is 38.5. The van der Waals surface area contributed by atoms with Crippen LogP contribution in [0.1, 0.15) is 49.2 Å². The van der Waals surface area contributed by atoms with Crippen molar-refractivity contribution in [3.63, 3.8) is 0 Å². The Labute approximate surface area is 237 Å². The van der Waals surface area contributed by atoms with Crippen LogP contribution in [0.5, 0.6) is 5.75 Å². The van der Waals surface area contributed by atoms with Crippen LogP contribution in [0.3, 0.4) is 0 Å². The monoisotopic (exact) mass is 555 g/mol. The van der Waals surface area contributed by atoms with Gasteiger partial charge in [0.05, 0.1) is 12.2 Å². The largest absolute Gasteiger partial charge is 0.489 e. The number of anilines is 1. The number of hydrogen-bond donors (Lipinski definition) is 1. The minimum absolute atomic E-state index is 0.0896. The van der Waals surface area contributed by atoms with Gasteiger partial charge >= 0.3 is 11.9 Å². The molecular formula is C32H29NO6S. The molecule has 0 spiro atoms. The lowest BCUT2D eigenvalue weighted by molar-refractivity contribution is -0.111. The van der Waals surface area contributed by atoms with E-state index in [0.29, 0.717) is 17.9 Å². The van der Waals surface area contributed by atoms with Crippen molar-refractivity contribution < 1.29 is 28.6 Å². The minimum atomic E-state index is -0.622. The van der Waals surface area contributed by atoms with Crippen LogP contribution >= 0.6 is 11.3 Å². The van der Waals surface area contributed by atoms with Crippen LogP contribution in [0, 0.1) is 6.92 Å². The normalized spacial score (nSPS) is 10.8. The number of carbonyl (C=O) groups is 3. The van der Waals surface area contributed by atoms with Crippen LogP contribution in [0.25, 0.3) is 6.08 Å². The number of ether oxygens (including phenoxy) is 3. The fraction of sp³-hybridized carbons (Fsp3) is 0.156. The molecule has 204 valence electrons. The molecule has 0 fully saturated rings. The summed E-state index contributed by atoms with van der Waals surface area (Å²) in [5.41, 5.74) is 3.24. The van der Waals surface area contributed by atoms with Crippen molar-refractivity contribution >= 4 is 40.3 Å². The van der Waals surface area contributed by atoms with Crippen molar-refractivity contribution in [2.75, 3.05) is 11.9 Å². The van der Waals surface area contributed by atoms with Crippen molar-refractivity contribution in [1.29, 1.82) is 0 Å². The van der Waals surface area contributed by atoms with Crippen LogP contribution in [0.4, 0.5) is 5.00 Å². The highest BCUT2D eigenvalue weighted by atomic mass is 32.1. The predicted octanol–water partition coefficient (Wildman–Crippen LogP) is 6.82. The van der Waals surface area contributed by atoms with E-state index in [0.717, 1.165) is 28.0 Å². The van der Waals surface area contributed by atoms with E-state index < -0.39 is 17.8 Å². The second kappa shape index (κ2) is 13.9. The van der Waals surface area contributed by atoms with E-state index in [4.69, 9.17) is 14.2 Å². The Balaban J connectivity index is 1.42. The summed E-state index contributed by atoms with van der Waals surface area (Å²) in [5.74, 6) is -0.947. The molecule has 0 aliphatic rings. The van der Waals surface area contributed by atoms with Gasteiger partial charge in [0.25, 0.3) is 0 Å². The average Bonchev–Trinajstić information content (AvgIpc) is 3.30. The van der Waals surface area contributed by atoms with Gasteiger partial charge in [0.1, 0.15) is 28.8 Å². The maximum Gasteiger partial charge on any atom is 0.349 e. The van der Waals surface area contributed by atoms with E-state index in [1.54, 1.807) is 19.9 Å². The SMILES string of the molecule is CCOC(=O)c1c(NC(=O)/C=C/c2ccc(OCc3ccccc3)cc2)sc(C(=O)OCc2ccccc2)c1C. The molecule has 1 heterocycles. The van der Waals surface area contributed by atoms with Crippen molar-refractivity contribution in [3.05, 3.63) is 124 Å². The lowest BCUT2D eigenvalue weighted by Crippen LogP contribution is -2.13. The van der Waals surface area contributed by atoms with Gasteiger partial charge in [0.15, 0.2) is 0 Å². The van der Waals surface area contributed by atoms with Crippen LogP contribution in [-0.2, 0) is 27.5 Å². The van der Waals surface area contributed by atoms with Crippen molar-refractivity contribution in [2.45, 2.75) is 27.1 Å². The molecule has 1 aromatic heterocycles. The quantitative estimate of drug-likeness (QED) is 0.161. The topological polar surface area (TPSA) is 90.9 Å². The first-order chi connectivity index (χ1) is 19.4. The highest BCUT2D eigenvalue weighted by Crippen LogP contribution is 2.34. The van der Waals surface area contributed by atoms with Crippen LogP contribution in [0.15, 0.2) is 91.0 Å². The molecule has 3 aromatic carbocycles. The Morgan fingerprint density at radius 2 is 1.43 bits per heavy atom. The first-order valence-electron chi connectivity index (χ1n) is 12.7. The lowest BCUT2D eigenvalue weighted by atomic mass is 10.1. The fourth-order valence-electron chi connectivity index (χ4n) is 3.78. The zero-order chi connectivity index (χ0) is 28.3. The van der Waals surface area contributed by atoms with Crippen LogP contribution in [0.2, 0.25) is 0 Å². The van der Waals surface area contributed by atoms with Gasteiger partial charge in [-0.25, -0.2) is 9.59 Å². The van der Waals surface area contributed by atoms with Crippen molar-refractivity contribution in [1.82, 2.24) is 0 Å². The molecule has 4 aromatic rings. The van der Waals surface area contributed by atoms with Crippen LogP contribution < -0.4 is 10.1 Å². The third kappa shape index (κ3) is 7.68. The number of rotatable bonds is 11. The third-order valence-electron chi connectivity index (χ3n) is 5.82. The van der Waals surface area contributed by atoms with E-state index in [2.05, 4.69) is 5.32 Å². The molecule has 0 aliphatic heterocycles. The molecule has 0 unspecified atom stereocenters. The Morgan fingerprint density at radius 3 is 2.05 bits per heavy atom. The summed E-state index contributed by atoms with van der Waals surface area (Å²) < 4.78 is 16.4. The van der Waals surface area contributed by atoms with E-state index in [9.17, 15) is 14.4 Å². The second-order valence-corrected chi connectivity index (χ2v) is 9.73. The predicted molar refractivity (Wildman–Crippen MR) is 155 cm³/mol. The minimum Gasteiger partial charge on any atom is -0.489 e. The zero-order valence-electron chi connectivity index (χ0n) is 22.2. The summed E-state index contributed by atoms with van der Waals surface area (Å²) in [7, 11) is 0. The molecule has 0 aliphatic carbocycles. The summed E-state index contributed by atoms with van der Waals surface area (Å²) in [6.45, 7) is 4.03. The molecule has 1 amide bonds. The molecule has 0 bridgehead atoms. The molecule has 4 rings (SSSR count). The summed E-state index contributed by atoms with van der Waals surface area (Å²) in [6, 6.07) is 26.5. The van der Waals surface area contributed by atoms with E-state index >= 15 is 0 Å². The van der Waals surface area contributed by atoms with E-state index in [-0.39, 0.29) is 28.7 Å². The third-order valence-corrected chi connectivity index (χ3v) is 7.00. The molecule has 7 nitrogen and oxygen atoms in total. The molecule has 40 heavy (non-hydrogen) atoms. The van der Waals surface area contributed by atoms with Gasteiger partial charge in [-0.2, -0.15) is 0 Å². The maximum atomic E-state index is 12.8. The number of benzene rings is 3. The summed E-state index contributed by atoms with van der Waals surface area (Å²) in [6.07, 6.45) is 3.01. The second-order valence-electron chi connectivity index (χ2n) is 8.71. The number of nitrogens with one attached hydrogen (secondary N) is 1. The summed E-state index contributed by atoms with van der Waals surface area (Å²) in [5, 5.41) is 2.94. The molecule has 0 atom stereocenters. The first kappa shape index (κ1) is 28.3. The van der Waals surface area contributed by atoms with Gasteiger partial charge in [-0.3, -0.25) is 4.79 Å². The first-order valence-corrected chi connectivity index (χ1v) is 13.5. The van der Waals surface area contributed by atoms with Gasteiger partial charge in [0, 0.05) is 6.08 Å². The standard InChI is InChI=1S/C32H29NO6S/c1-3-37-31(35)28-22(2)29(32(36)39-21-25-12-8-5-9-13-25)40-30(28)33-27(34)19-16-23-14-17-26(18-15-23)38-20-24-10-6-4-7-11-24/h4-19H,3,20-21H2,1-2H3,(H,33,34)/b19-16+. The Morgan fingerprint density at radius 1 is 0.800 bits per heavy atom. The maximum absolute atomic E-state index is 12.8. The number of carbonyl (C=O) groups excluding carboxylic acids is 3.